The van der Waals surface area contributed by atoms with E-state index in [4.69, 9.17) is 27.5 Å². The van der Waals surface area contributed by atoms with Crippen LogP contribution in [0.5, 0.6) is 0 Å². The standard InChI is InChI=1S/C23H44N8O11/c1-14(33)19(22(37)31(42)12-4-7-17(26)23(38)39)28-21(36)16(25)6-3-11-30(41)18(34)8-9-27-20(35)15(24)5-2-10-29(40)13-32/h13-17,19,33,40-42H,2-12,24-26H2,1H3,(H,27,35)(H,28,36)(H,38,39)/t14-,15+,16+,17-,19+/m0/s1. The summed E-state index contributed by atoms with van der Waals surface area (Å²) in [6, 6.07) is -4.86. The quantitative estimate of drug-likeness (QED) is 0.0319. The third kappa shape index (κ3) is 15.5. The number of aliphatic hydroxyl groups excluding tert-OH is 1. The van der Waals surface area contributed by atoms with Crippen LogP contribution in [0, 0.1) is 0 Å². The zero-order valence-electron chi connectivity index (χ0n) is 23.5. The normalized spacial score (nSPS) is 14.5. The van der Waals surface area contributed by atoms with E-state index in [1.165, 1.54) is 6.92 Å². The number of rotatable bonds is 22. The molecule has 0 unspecified atom stereocenters. The third-order valence-corrected chi connectivity index (χ3v) is 6.01. The van der Waals surface area contributed by atoms with Crippen molar-refractivity contribution in [2.45, 2.75) is 82.1 Å². The Balaban J connectivity index is 4.48. The lowest BCUT2D eigenvalue weighted by atomic mass is 10.1. The SMILES string of the molecule is C[C@H](O)[C@@H](NC(=O)[C@H](N)CCCN(O)C(=O)CCNC(=O)[C@H](N)CCCN(O)C=O)C(=O)N(O)CCC[C@H](N)C(=O)O. The number of carboxylic acid groups (broad SMARTS) is 1. The van der Waals surface area contributed by atoms with Crippen molar-refractivity contribution in [3.8, 4) is 0 Å². The summed E-state index contributed by atoms with van der Waals surface area (Å²) in [5.74, 6) is -4.42. The molecule has 19 heteroatoms. The summed E-state index contributed by atoms with van der Waals surface area (Å²) in [7, 11) is 0. The van der Waals surface area contributed by atoms with Gasteiger partial charge >= 0.3 is 5.97 Å². The molecule has 5 atom stereocenters. The molecule has 0 heterocycles. The number of nitrogens with one attached hydrogen (secondary N) is 2. The lowest BCUT2D eigenvalue weighted by molar-refractivity contribution is -0.171. The highest BCUT2D eigenvalue weighted by atomic mass is 16.5. The smallest absolute Gasteiger partial charge is 0.320 e. The van der Waals surface area contributed by atoms with Crippen molar-refractivity contribution < 1.29 is 54.6 Å². The second kappa shape index (κ2) is 20.4. The van der Waals surface area contributed by atoms with Crippen LogP contribution >= 0.6 is 0 Å². The Kier molecular flexibility index (Phi) is 18.7. The molecule has 0 bridgehead atoms. The van der Waals surface area contributed by atoms with Crippen molar-refractivity contribution in [3.05, 3.63) is 0 Å². The van der Waals surface area contributed by atoms with Crippen molar-refractivity contribution in [1.82, 2.24) is 25.8 Å². The molecule has 0 aromatic carbocycles. The van der Waals surface area contributed by atoms with Gasteiger partial charge in [-0.05, 0) is 45.4 Å². The molecule has 0 rings (SSSR count). The number of amides is 5. The molecule has 0 fully saturated rings. The molecular weight excluding hydrogens is 564 g/mol. The molecule has 0 radical (unpaired) electrons. The van der Waals surface area contributed by atoms with Crippen LogP contribution in [0.15, 0.2) is 0 Å². The van der Waals surface area contributed by atoms with Crippen LogP contribution in [-0.4, -0.2) is 133 Å². The number of aliphatic hydroxyl groups is 1. The predicted octanol–water partition coefficient (Wildman–Crippen LogP) is -3.95. The van der Waals surface area contributed by atoms with Gasteiger partial charge in [-0.1, -0.05) is 0 Å². The lowest BCUT2D eigenvalue weighted by Crippen LogP contribution is -2.56. The molecule has 0 saturated carbocycles. The molecule has 0 saturated heterocycles. The van der Waals surface area contributed by atoms with Gasteiger partial charge in [0.15, 0.2) is 0 Å². The first-order chi connectivity index (χ1) is 19.6. The highest BCUT2D eigenvalue weighted by molar-refractivity contribution is 5.89. The van der Waals surface area contributed by atoms with E-state index in [9.17, 15) is 44.3 Å². The Labute approximate surface area is 242 Å². The molecule has 0 aromatic heterocycles. The molecule has 0 aromatic rings. The molecule has 42 heavy (non-hydrogen) atoms. The molecule has 19 nitrogen and oxygen atoms in total. The fraction of sp³-hybridized carbons (Fsp3) is 0.739. The lowest BCUT2D eigenvalue weighted by Gasteiger charge is -2.26. The van der Waals surface area contributed by atoms with E-state index < -0.39 is 59.9 Å². The Bertz CT molecular complexity index is 894. The van der Waals surface area contributed by atoms with Crippen molar-refractivity contribution in [2.75, 3.05) is 26.2 Å². The van der Waals surface area contributed by atoms with Crippen LogP contribution in [-0.2, 0) is 28.8 Å². The van der Waals surface area contributed by atoms with E-state index >= 15 is 0 Å². The van der Waals surface area contributed by atoms with Gasteiger partial charge in [0.1, 0.15) is 12.1 Å². The number of hydroxylamine groups is 6. The highest BCUT2D eigenvalue weighted by Gasteiger charge is 2.31. The number of hydrogen-bond donors (Lipinski definition) is 10. The van der Waals surface area contributed by atoms with Crippen molar-refractivity contribution in [3.63, 3.8) is 0 Å². The van der Waals surface area contributed by atoms with Gasteiger partial charge in [0.05, 0.1) is 18.2 Å². The van der Waals surface area contributed by atoms with Crippen LogP contribution in [0.3, 0.4) is 0 Å². The van der Waals surface area contributed by atoms with Crippen LogP contribution in [0.1, 0.15) is 51.9 Å². The largest absolute Gasteiger partial charge is 0.480 e. The first-order valence-corrected chi connectivity index (χ1v) is 13.3. The van der Waals surface area contributed by atoms with Gasteiger partial charge < -0.3 is 38.0 Å². The molecule has 5 amide bonds. The summed E-state index contributed by atoms with van der Waals surface area (Å²) in [4.78, 5) is 70.0. The third-order valence-electron chi connectivity index (χ3n) is 6.01. The Morgan fingerprint density at radius 2 is 1.31 bits per heavy atom. The molecule has 242 valence electrons. The van der Waals surface area contributed by atoms with Gasteiger partial charge in [0, 0.05) is 32.6 Å². The molecule has 0 aliphatic heterocycles. The van der Waals surface area contributed by atoms with Crippen LogP contribution in [0.2, 0.25) is 0 Å². The Hall–Kier alpha value is -3.46. The monoisotopic (exact) mass is 608 g/mol. The summed E-state index contributed by atoms with van der Waals surface area (Å²) in [6.45, 7) is 0.584. The summed E-state index contributed by atoms with van der Waals surface area (Å²) < 4.78 is 0. The number of nitrogens with zero attached hydrogens (tertiary/aromatic N) is 3. The van der Waals surface area contributed by atoms with E-state index in [1.54, 1.807) is 0 Å². The zero-order chi connectivity index (χ0) is 32.4. The minimum absolute atomic E-state index is 0.00179. The summed E-state index contributed by atoms with van der Waals surface area (Å²) in [6.07, 6.45) is -0.954. The minimum Gasteiger partial charge on any atom is -0.480 e. The van der Waals surface area contributed by atoms with Gasteiger partial charge in [-0.25, -0.2) is 15.2 Å². The van der Waals surface area contributed by atoms with Gasteiger partial charge in [0.2, 0.25) is 24.1 Å². The van der Waals surface area contributed by atoms with E-state index in [0.717, 1.165) is 0 Å². The van der Waals surface area contributed by atoms with Crippen LogP contribution in [0.25, 0.3) is 0 Å². The predicted molar refractivity (Wildman–Crippen MR) is 142 cm³/mol. The highest BCUT2D eigenvalue weighted by Crippen LogP contribution is 2.05. The van der Waals surface area contributed by atoms with Crippen molar-refractivity contribution in [1.29, 1.82) is 0 Å². The molecular formula is C23H44N8O11. The van der Waals surface area contributed by atoms with Crippen molar-refractivity contribution >= 4 is 36.0 Å². The van der Waals surface area contributed by atoms with Crippen molar-refractivity contribution in [2.24, 2.45) is 17.2 Å². The topological polar surface area (TPSA) is 315 Å². The molecule has 0 aliphatic rings. The second-order valence-corrected chi connectivity index (χ2v) is 9.60. The summed E-state index contributed by atoms with van der Waals surface area (Å²) in [5.41, 5.74) is 16.9. The van der Waals surface area contributed by atoms with E-state index in [0.29, 0.717) is 10.1 Å². The Morgan fingerprint density at radius 1 is 0.810 bits per heavy atom. The minimum atomic E-state index is -1.55. The molecule has 0 aliphatic carbocycles. The average molecular weight is 609 g/mol. The molecule has 0 spiro atoms. The van der Waals surface area contributed by atoms with Crippen LogP contribution < -0.4 is 27.8 Å². The number of nitrogens with two attached hydrogens (primary N) is 3. The maximum absolute atomic E-state index is 12.5. The second-order valence-electron chi connectivity index (χ2n) is 9.60. The first-order valence-electron chi connectivity index (χ1n) is 13.3. The number of carbonyl (C=O) groups excluding carboxylic acids is 5. The Morgan fingerprint density at radius 3 is 1.83 bits per heavy atom. The van der Waals surface area contributed by atoms with Gasteiger partial charge in [0.25, 0.3) is 5.91 Å². The first kappa shape index (κ1) is 38.5. The average Bonchev–Trinajstić information content (AvgIpc) is 2.94. The number of aliphatic carboxylic acids is 1. The van der Waals surface area contributed by atoms with Crippen LogP contribution in [0.4, 0.5) is 0 Å². The number of carboxylic acids is 1. The fourth-order valence-electron chi connectivity index (χ4n) is 3.43. The fourth-order valence-corrected chi connectivity index (χ4v) is 3.43. The maximum Gasteiger partial charge on any atom is 0.320 e. The summed E-state index contributed by atoms with van der Waals surface area (Å²) >= 11 is 0. The summed E-state index contributed by atoms with van der Waals surface area (Å²) in [5, 5.41) is 53.3. The van der Waals surface area contributed by atoms with E-state index in [-0.39, 0.29) is 82.6 Å². The van der Waals surface area contributed by atoms with E-state index in [2.05, 4.69) is 10.6 Å². The van der Waals surface area contributed by atoms with E-state index in [1.807, 2.05) is 0 Å². The van der Waals surface area contributed by atoms with Gasteiger partial charge in [-0.15, -0.1) is 0 Å². The zero-order valence-corrected chi connectivity index (χ0v) is 23.5. The van der Waals surface area contributed by atoms with Gasteiger partial charge in [-0.2, -0.15) is 0 Å². The number of hydrogen-bond acceptors (Lipinski definition) is 13. The molecule has 13 N–H and O–H groups in total. The van der Waals surface area contributed by atoms with Gasteiger partial charge in [-0.3, -0.25) is 44.4 Å². The maximum atomic E-state index is 12.5. The number of carbonyl (C=O) groups is 6.